The van der Waals surface area contributed by atoms with Crippen LogP contribution >= 0.6 is 11.8 Å². The smallest absolute Gasteiger partial charge is 0.306 e. The van der Waals surface area contributed by atoms with Crippen molar-refractivity contribution in [2.24, 2.45) is 5.41 Å². The number of hydrogen-bond donors (Lipinski definition) is 1. The lowest BCUT2D eigenvalue weighted by Gasteiger charge is -2.16. The van der Waals surface area contributed by atoms with Crippen LogP contribution in [-0.2, 0) is 9.53 Å². The van der Waals surface area contributed by atoms with E-state index in [0.717, 1.165) is 23.5 Å². The minimum Gasteiger partial charge on any atom is -0.469 e. The van der Waals surface area contributed by atoms with Crippen molar-refractivity contribution in [1.29, 1.82) is 0 Å². The van der Waals surface area contributed by atoms with Crippen molar-refractivity contribution >= 4 is 17.7 Å². The maximum absolute atomic E-state index is 13.8. The molecule has 0 bridgehead atoms. The highest BCUT2D eigenvalue weighted by Crippen LogP contribution is 2.52. The highest BCUT2D eigenvalue weighted by Gasteiger charge is 2.44. The highest BCUT2D eigenvalue weighted by molar-refractivity contribution is 7.99. The molecule has 1 saturated carbocycles. The Bertz CT molecular complexity index is 498. The number of benzene rings is 1. The van der Waals surface area contributed by atoms with Crippen LogP contribution in [0.1, 0.15) is 37.9 Å². The van der Waals surface area contributed by atoms with Gasteiger partial charge in [-0.3, -0.25) is 4.79 Å². The molecule has 0 radical (unpaired) electrons. The molecule has 1 atom stereocenters. The van der Waals surface area contributed by atoms with E-state index in [1.54, 1.807) is 13.0 Å². The Morgan fingerprint density at radius 2 is 2.25 bits per heavy atom. The molecule has 5 heteroatoms. The number of halogens is 1. The zero-order chi connectivity index (χ0) is 14.8. The number of carbonyl (C=O) groups excluding carboxylic acids is 1. The molecule has 2 rings (SSSR count). The van der Waals surface area contributed by atoms with E-state index in [1.165, 1.54) is 24.9 Å². The van der Waals surface area contributed by atoms with Crippen LogP contribution in [0.4, 0.5) is 4.39 Å². The van der Waals surface area contributed by atoms with Crippen molar-refractivity contribution in [2.75, 3.05) is 12.9 Å². The van der Waals surface area contributed by atoms with Crippen LogP contribution in [0.2, 0.25) is 0 Å². The van der Waals surface area contributed by atoms with E-state index in [-0.39, 0.29) is 17.2 Å². The predicted molar refractivity (Wildman–Crippen MR) is 76.1 cm³/mol. The first-order valence-corrected chi connectivity index (χ1v) is 7.62. The second kappa shape index (κ2) is 6.14. The van der Waals surface area contributed by atoms with Crippen LogP contribution in [0.5, 0.6) is 0 Å². The fraction of sp³-hybridized carbons (Fsp3) is 0.533. The average Bonchev–Trinajstić information content (AvgIpc) is 3.16. The summed E-state index contributed by atoms with van der Waals surface area (Å²) in [5.41, 5.74) is 0.325. The highest BCUT2D eigenvalue weighted by atomic mass is 32.2. The van der Waals surface area contributed by atoms with E-state index in [2.05, 4.69) is 0 Å². The van der Waals surface area contributed by atoms with Gasteiger partial charge in [-0.1, -0.05) is 6.07 Å². The van der Waals surface area contributed by atoms with Gasteiger partial charge in [-0.25, -0.2) is 4.39 Å². The van der Waals surface area contributed by atoms with Crippen LogP contribution in [0.15, 0.2) is 23.1 Å². The molecule has 0 heterocycles. The second-order valence-corrected chi connectivity index (χ2v) is 6.39. The Kier molecular flexibility index (Phi) is 4.70. The number of carbonyl (C=O) groups is 1. The second-order valence-electron chi connectivity index (χ2n) is 5.37. The van der Waals surface area contributed by atoms with Gasteiger partial charge in [0.15, 0.2) is 0 Å². The summed E-state index contributed by atoms with van der Waals surface area (Å²) >= 11 is 1.50. The molecule has 0 unspecified atom stereocenters. The first-order chi connectivity index (χ1) is 9.47. The zero-order valence-electron chi connectivity index (χ0n) is 11.7. The molecule has 0 spiro atoms. The maximum Gasteiger partial charge on any atom is 0.306 e. The molecule has 20 heavy (non-hydrogen) atoms. The molecule has 110 valence electrons. The summed E-state index contributed by atoms with van der Waals surface area (Å²) in [7, 11) is 1.39. The van der Waals surface area contributed by atoms with Crippen LogP contribution in [0, 0.1) is 11.2 Å². The summed E-state index contributed by atoms with van der Waals surface area (Å²) in [6, 6.07) is 4.81. The van der Waals surface area contributed by atoms with Gasteiger partial charge in [0.1, 0.15) is 5.82 Å². The minimum absolute atomic E-state index is 0.0138. The standard InChI is InChI=1S/C15H19FO3S/c1-10(17)14-11(16)4-3-5-12(14)20-9-15(6-7-15)8-13(18)19-2/h3-5,10,17H,6-9H2,1-2H3/t10-/m1/s1. The summed E-state index contributed by atoms with van der Waals surface area (Å²) in [5.74, 6) is 0.159. The molecule has 3 nitrogen and oxygen atoms in total. The van der Waals surface area contributed by atoms with E-state index in [9.17, 15) is 14.3 Å². The number of methoxy groups -OCH3 is 1. The van der Waals surface area contributed by atoms with Crippen LogP contribution in [0.3, 0.4) is 0 Å². The van der Waals surface area contributed by atoms with Crippen molar-refractivity contribution in [3.05, 3.63) is 29.6 Å². The van der Waals surface area contributed by atoms with Gasteiger partial charge in [-0.2, -0.15) is 0 Å². The first kappa shape index (κ1) is 15.3. The van der Waals surface area contributed by atoms with Gasteiger partial charge in [0, 0.05) is 16.2 Å². The molecule has 1 aromatic rings. The topological polar surface area (TPSA) is 46.5 Å². The third-order valence-electron chi connectivity index (χ3n) is 3.67. The zero-order valence-corrected chi connectivity index (χ0v) is 12.5. The van der Waals surface area contributed by atoms with Crippen LogP contribution < -0.4 is 0 Å². The molecule has 1 aliphatic carbocycles. The number of rotatable bonds is 6. The average molecular weight is 298 g/mol. The van der Waals surface area contributed by atoms with Crippen molar-refractivity contribution in [2.45, 2.75) is 37.2 Å². The molecule has 0 saturated heterocycles. The number of esters is 1. The summed E-state index contributed by atoms with van der Waals surface area (Å²) in [4.78, 5) is 12.1. The Balaban J connectivity index is 2.05. The van der Waals surface area contributed by atoms with Crippen molar-refractivity contribution < 1.29 is 19.0 Å². The fourth-order valence-corrected chi connectivity index (χ4v) is 3.66. The van der Waals surface area contributed by atoms with E-state index >= 15 is 0 Å². The monoisotopic (exact) mass is 298 g/mol. The fourth-order valence-electron chi connectivity index (χ4n) is 2.21. The van der Waals surface area contributed by atoms with Gasteiger partial charge in [-0.05, 0) is 37.3 Å². The maximum atomic E-state index is 13.8. The summed E-state index contributed by atoms with van der Waals surface area (Å²) in [5, 5.41) is 9.69. The van der Waals surface area contributed by atoms with E-state index in [1.807, 2.05) is 6.07 Å². The molecule has 1 N–H and O–H groups in total. The molecular formula is C15H19FO3S. The lowest BCUT2D eigenvalue weighted by Crippen LogP contribution is -2.13. The Hall–Kier alpha value is -1.07. The normalized spacial score (nSPS) is 17.6. The number of thioether (sulfide) groups is 1. The summed E-state index contributed by atoms with van der Waals surface area (Å²) < 4.78 is 18.5. The number of aliphatic hydroxyl groups excluding tert-OH is 1. The van der Waals surface area contributed by atoms with Gasteiger partial charge in [0.25, 0.3) is 0 Å². The van der Waals surface area contributed by atoms with E-state index < -0.39 is 6.10 Å². The van der Waals surface area contributed by atoms with Crippen LogP contribution in [-0.4, -0.2) is 23.9 Å². The number of ether oxygens (including phenoxy) is 1. The Labute approximate surface area is 122 Å². The predicted octanol–water partition coefficient (Wildman–Crippen LogP) is 3.31. The third-order valence-corrected chi connectivity index (χ3v) is 5.09. The lowest BCUT2D eigenvalue weighted by atomic mass is 10.1. The number of aliphatic hydroxyl groups is 1. The van der Waals surface area contributed by atoms with Gasteiger partial charge in [0.2, 0.25) is 0 Å². The van der Waals surface area contributed by atoms with Crippen LogP contribution in [0.25, 0.3) is 0 Å². The lowest BCUT2D eigenvalue weighted by molar-refractivity contribution is -0.141. The molecule has 0 aliphatic heterocycles. The largest absolute Gasteiger partial charge is 0.469 e. The SMILES string of the molecule is COC(=O)CC1(CSc2cccc(F)c2[C@@H](C)O)CC1. The summed E-state index contributed by atoms with van der Waals surface area (Å²) in [6.45, 7) is 1.56. The molecule has 0 amide bonds. The molecule has 1 aromatic carbocycles. The van der Waals surface area contributed by atoms with E-state index in [4.69, 9.17) is 4.74 Å². The van der Waals surface area contributed by atoms with Gasteiger partial charge >= 0.3 is 5.97 Å². The molecular weight excluding hydrogens is 279 g/mol. The molecule has 1 fully saturated rings. The Morgan fingerprint density at radius 1 is 1.55 bits per heavy atom. The van der Waals surface area contributed by atoms with E-state index in [0.29, 0.717) is 12.0 Å². The van der Waals surface area contributed by atoms with Gasteiger partial charge < -0.3 is 9.84 Å². The van der Waals surface area contributed by atoms with Gasteiger partial charge in [0.05, 0.1) is 19.6 Å². The first-order valence-electron chi connectivity index (χ1n) is 6.63. The minimum atomic E-state index is -0.838. The summed E-state index contributed by atoms with van der Waals surface area (Å²) in [6.07, 6.45) is 1.56. The molecule has 0 aromatic heterocycles. The number of hydrogen-bond acceptors (Lipinski definition) is 4. The molecule has 1 aliphatic rings. The third kappa shape index (κ3) is 3.52. The quantitative estimate of drug-likeness (QED) is 0.646. The van der Waals surface area contributed by atoms with Crippen molar-refractivity contribution in [1.82, 2.24) is 0 Å². The Morgan fingerprint density at radius 3 is 2.80 bits per heavy atom. The van der Waals surface area contributed by atoms with Crippen molar-refractivity contribution in [3.8, 4) is 0 Å². The van der Waals surface area contributed by atoms with Crippen molar-refractivity contribution in [3.63, 3.8) is 0 Å². The van der Waals surface area contributed by atoms with Gasteiger partial charge in [-0.15, -0.1) is 11.8 Å².